The van der Waals surface area contributed by atoms with Crippen LogP contribution in [0.25, 0.3) is 11.4 Å². The Morgan fingerprint density at radius 1 is 1.18 bits per heavy atom. The molecule has 2 aromatic heterocycles. The molecular formula is C22H22F3N5O3. The van der Waals surface area contributed by atoms with Crippen molar-refractivity contribution in [1.82, 2.24) is 20.4 Å². The van der Waals surface area contributed by atoms with Crippen molar-refractivity contribution in [2.45, 2.75) is 25.6 Å². The van der Waals surface area contributed by atoms with E-state index >= 15 is 0 Å². The number of benzene rings is 1. The fourth-order valence-electron chi connectivity index (χ4n) is 3.47. The van der Waals surface area contributed by atoms with E-state index in [2.05, 4.69) is 20.4 Å². The van der Waals surface area contributed by atoms with E-state index in [1.807, 2.05) is 4.90 Å². The van der Waals surface area contributed by atoms with Crippen LogP contribution in [0.1, 0.15) is 23.4 Å². The molecule has 4 rings (SSSR count). The number of halogens is 3. The van der Waals surface area contributed by atoms with Gasteiger partial charge in [-0.05, 0) is 29.8 Å². The summed E-state index contributed by atoms with van der Waals surface area (Å²) in [6.45, 7) is 1.78. The maximum absolute atomic E-state index is 13.6. The normalized spacial score (nSPS) is 14.3. The molecule has 0 bridgehead atoms. The lowest BCUT2D eigenvalue weighted by Gasteiger charge is -2.29. The van der Waals surface area contributed by atoms with E-state index in [4.69, 9.17) is 9.26 Å². The Kier molecular flexibility index (Phi) is 6.87. The summed E-state index contributed by atoms with van der Waals surface area (Å²) >= 11 is 0. The van der Waals surface area contributed by atoms with Gasteiger partial charge >= 0.3 is 6.18 Å². The van der Waals surface area contributed by atoms with Crippen LogP contribution in [0.5, 0.6) is 0 Å². The first kappa shape index (κ1) is 22.7. The number of hydrogen-bond donors (Lipinski definition) is 1. The molecule has 33 heavy (non-hydrogen) atoms. The first-order valence-electron chi connectivity index (χ1n) is 10.4. The first-order valence-corrected chi connectivity index (χ1v) is 10.4. The van der Waals surface area contributed by atoms with Gasteiger partial charge in [-0.15, -0.1) is 0 Å². The van der Waals surface area contributed by atoms with Crippen LogP contribution in [-0.2, 0) is 28.7 Å². The fraction of sp³-hybridized carbons (Fsp3) is 0.364. The maximum Gasteiger partial charge on any atom is 0.416 e. The number of nitrogens with one attached hydrogen (secondary N) is 1. The number of aryl methyl sites for hydroxylation is 1. The summed E-state index contributed by atoms with van der Waals surface area (Å²) < 4.78 is 51.3. The third-order valence-electron chi connectivity index (χ3n) is 5.20. The number of carbonyl (C=O) groups is 1. The quantitative estimate of drug-likeness (QED) is 0.577. The molecule has 0 aliphatic carbocycles. The van der Waals surface area contributed by atoms with Crippen molar-refractivity contribution in [3.8, 4) is 11.4 Å². The zero-order chi connectivity index (χ0) is 23.3. The van der Waals surface area contributed by atoms with Crippen molar-refractivity contribution in [2.24, 2.45) is 0 Å². The minimum absolute atomic E-state index is 0.00187. The van der Waals surface area contributed by atoms with Gasteiger partial charge in [0.05, 0.1) is 18.8 Å². The zero-order valence-corrected chi connectivity index (χ0v) is 17.6. The highest BCUT2D eigenvalue weighted by Gasteiger charge is 2.34. The van der Waals surface area contributed by atoms with Crippen LogP contribution in [0.3, 0.4) is 0 Å². The average Bonchev–Trinajstić information content (AvgIpc) is 3.31. The molecule has 0 spiro atoms. The lowest BCUT2D eigenvalue weighted by atomic mass is 10.0. The number of morpholine rings is 1. The molecule has 174 valence electrons. The van der Waals surface area contributed by atoms with Gasteiger partial charge in [0.15, 0.2) is 0 Å². The summed E-state index contributed by atoms with van der Waals surface area (Å²) in [4.78, 5) is 22.3. The van der Waals surface area contributed by atoms with Crippen LogP contribution >= 0.6 is 0 Å². The summed E-state index contributed by atoms with van der Waals surface area (Å²) in [6, 6.07) is 7.69. The lowest BCUT2D eigenvalue weighted by molar-refractivity contribution is -0.138. The summed E-state index contributed by atoms with van der Waals surface area (Å²) in [6.07, 6.45) is -1.16. The van der Waals surface area contributed by atoms with E-state index in [-0.39, 0.29) is 30.8 Å². The second-order valence-electron chi connectivity index (χ2n) is 7.47. The van der Waals surface area contributed by atoms with E-state index in [1.54, 1.807) is 30.6 Å². The van der Waals surface area contributed by atoms with Crippen molar-refractivity contribution < 1.29 is 27.2 Å². The van der Waals surface area contributed by atoms with Gasteiger partial charge < -0.3 is 19.5 Å². The highest BCUT2D eigenvalue weighted by atomic mass is 19.4. The van der Waals surface area contributed by atoms with E-state index in [9.17, 15) is 18.0 Å². The standard InChI is InChI=1S/C22H22F3N5O3/c23-22(24,25)18-12-17(30-8-10-32-11-9-30)4-3-15(18)14-27-19(31)5-6-20-28-21(29-33-20)16-2-1-7-26-13-16/h1-4,7,12-13H,5-6,8-11,14H2,(H,27,31). The number of hydrogen-bond acceptors (Lipinski definition) is 7. The third-order valence-corrected chi connectivity index (χ3v) is 5.20. The van der Waals surface area contributed by atoms with Crippen LogP contribution in [0.4, 0.5) is 18.9 Å². The molecule has 0 unspecified atom stereocenters. The average molecular weight is 461 g/mol. The van der Waals surface area contributed by atoms with Crippen LogP contribution in [-0.4, -0.2) is 47.3 Å². The van der Waals surface area contributed by atoms with E-state index in [0.29, 0.717) is 43.4 Å². The SMILES string of the molecule is O=C(CCc1nc(-c2cccnc2)no1)NCc1ccc(N2CCOCC2)cc1C(F)(F)F. The third kappa shape index (κ3) is 5.86. The van der Waals surface area contributed by atoms with Crippen molar-refractivity contribution >= 4 is 11.6 Å². The van der Waals surface area contributed by atoms with E-state index in [0.717, 1.165) is 6.07 Å². The van der Waals surface area contributed by atoms with Gasteiger partial charge in [0, 0.05) is 56.1 Å². The number of anilines is 1. The Bertz CT molecular complexity index is 1080. The Balaban J connectivity index is 1.35. The van der Waals surface area contributed by atoms with Crippen molar-refractivity contribution in [1.29, 1.82) is 0 Å². The van der Waals surface area contributed by atoms with Gasteiger partial charge in [0.1, 0.15) is 0 Å². The molecule has 3 heterocycles. The van der Waals surface area contributed by atoms with Crippen molar-refractivity contribution in [3.05, 3.63) is 59.7 Å². The lowest BCUT2D eigenvalue weighted by Crippen LogP contribution is -2.36. The van der Waals surface area contributed by atoms with Crippen molar-refractivity contribution in [3.63, 3.8) is 0 Å². The number of rotatable bonds is 7. The van der Waals surface area contributed by atoms with Gasteiger partial charge in [-0.3, -0.25) is 9.78 Å². The molecule has 8 nitrogen and oxygen atoms in total. The number of nitrogens with zero attached hydrogens (tertiary/aromatic N) is 4. The molecule has 1 aliphatic rings. The predicted octanol–water partition coefficient (Wildman–Crippen LogP) is 3.24. The van der Waals surface area contributed by atoms with Crippen LogP contribution in [0, 0.1) is 0 Å². The highest BCUT2D eigenvalue weighted by molar-refractivity contribution is 5.76. The summed E-state index contributed by atoms with van der Waals surface area (Å²) in [5.74, 6) is 0.199. The second kappa shape index (κ2) is 9.99. The Morgan fingerprint density at radius 3 is 2.73 bits per heavy atom. The molecule has 11 heteroatoms. The molecule has 1 N–H and O–H groups in total. The van der Waals surface area contributed by atoms with E-state index in [1.165, 1.54) is 6.07 Å². The zero-order valence-electron chi connectivity index (χ0n) is 17.6. The van der Waals surface area contributed by atoms with Crippen molar-refractivity contribution in [2.75, 3.05) is 31.2 Å². The van der Waals surface area contributed by atoms with Crippen LogP contribution in [0.2, 0.25) is 0 Å². The molecular weight excluding hydrogens is 439 g/mol. The number of amides is 1. The van der Waals surface area contributed by atoms with Gasteiger partial charge in [-0.1, -0.05) is 11.2 Å². The van der Waals surface area contributed by atoms with E-state index < -0.39 is 17.6 Å². The summed E-state index contributed by atoms with van der Waals surface area (Å²) in [5.41, 5.74) is 0.410. The molecule has 3 aromatic rings. The molecule has 1 saturated heterocycles. The summed E-state index contributed by atoms with van der Waals surface area (Å²) in [5, 5.41) is 6.40. The number of aromatic nitrogens is 3. The minimum Gasteiger partial charge on any atom is -0.378 e. The number of ether oxygens (including phenoxy) is 1. The molecule has 1 fully saturated rings. The maximum atomic E-state index is 13.6. The van der Waals surface area contributed by atoms with Crippen LogP contribution < -0.4 is 10.2 Å². The Hall–Kier alpha value is -3.47. The number of carbonyl (C=O) groups excluding carboxylic acids is 1. The number of alkyl halides is 3. The second-order valence-corrected chi connectivity index (χ2v) is 7.47. The molecule has 1 amide bonds. The van der Waals surface area contributed by atoms with Gasteiger partial charge in [-0.2, -0.15) is 18.2 Å². The minimum atomic E-state index is -4.53. The predicted molar refractivity (Wildman–Crippen MR) is 112 cm³/mol. The molecule has 1 aliphatic heterocycles. The van der Waals surface area contributed by atoms with Gasteiger partial charge in [-0.25, -0.2) is 0 Å². The molecule has 1 aromatic carbocycles. The topological polar surface area (TPSA) is 93.4 Å². The summed E-state index contributed by atoms with van der Waals surface area (Å²) in [7, 11) is 0. The van der Waals surface area contributed by atoms with Gasteiger partial charge in [0.2, 0.25) is 17.6 Å². The van der Waals surface area contributed by atoms with Crippen LogP contribution in [0.15, 0.2) is 47.2 Å². The fourth-order valence-corrected chi connectivity index (χ4v) is 3.47. The largest absolute Gasteiger partial charge is 0.416 e. The first-order chi connectivity index (χ1) is 15.9. The smallest absolute Gasteiger partial charge is 0.378 e. The Labute approximate surface area is 187 Å². The number of pyridine rings is 1. The highest BCUT2D eigenvalue weighted by Crippen LogP contribution is 2.35. The Morgan fingerprint density at radius 2 is 2.00 bits per heavy atom. The monoisotopic (exact) mass is 461 g/mol. The molecule has 0 atom stereocenters. The van der Waals surface area contributed by atoms with Gasteiger partial charge in [0.25, 0.3) is 0 Å². The molecule has 0 radical (unpaired) electrons. The molecule has 0 saturated carbocycles.